The average Bonchev–Trinajstić information content (AvgIpc) is 3.19. The van der Waals surface area contributed by atoms with Crippen LogP contribution in [0.15, 0.2) is 42.5 Å². The maximum Gasteiger partial charge on any atom is 0.416 e. The second kappa shape index (κ2) is 9.36. The van der Waals surface area contributed by atoms with Gasteiger partial charge in [0.15, 0.2) is 0 Å². The van der Waals surface area contributed by atoms with Crippen LogP contribution in [0.1, 0.15) is 65.6 Å². The molecule has 2 heterocycles. The molecule has 9 heteroatoms. The molecule has 0 saturated carbocycles. The first-order chi connectivity index (χ1) is 16.6. The summed E-state index contributed by atoms with van der Waals surface area (Å²) in [6, 6.07) is 9.88. The number of hydrogen-bond acceptors (Lipinski definition) is 4. The molecule has 186 valence electrons. The molecule has 2 aromatic carbocycles. The molecule has 1 saturated heterocycles. The number of piperidine rings is 1. The van der Waals surface area contributed by atoms with Gasteiger partial charge in [0.25, 0.3) is 5.91 Å². The molecule has 1 unspecified atom stereocenters. The monoisotopic (exact) mass is 488 g/mol. The van der Waals surface area contributed by atoms with Gasteiger partial charge in [-0.3, -0.25) is 9.59 Å². The first-order valence-corrected chi connectivity index (χ1v) is 11.7. The Morgan fingerprint density at radius 1 is 1.11 bits per heavy atom. The number of nitrogens with zero attached hydrogens (tertiary/aromatic N) is 1. The molecule has 6 nitrogen and oxygen atoms in total. The number of ketones is 1. The molecular formula is C26H27F3N2O4. The van der Waals surface area contributed by atoms with E-state index in [1.54, 1.807) is 19.1 Å². The lowest BCUT2D eigenvalue weighted by Crippen LogP contribution is -2.49. The smallest absolute Gasteiger partial charge is 0.416 e. The number of likely N-dealkylation sites (tertiary alicyclic amines) is 1. The van der Waals surface area contributed by atoms with E-state index in [2.05, 4.69) is 5.32 Å². The van der Waals surface area contributed by atoms with Crippen LogP contribution in [0.25, 0.3) is 0 Å². The summed E-state index contributed by atoms with van der Waals surface area (Å²) in [4.78, 5) is 39.2. The lowest BCUT2D eigenvalue weighted by molar-refractivity contribution is -0.147. The number of halogens is 3. The topological polar surface area (TPSA) is 86.7 Å². The first-order valence-electron chi connectivity index (χ1n) is 11.7. The number of carbonyl (C=O) groups is 3. The highest BCUT2D eigenvalue weighted by atomic mass is 19.4. The summed E-state index contributed by atoms with van der Waals surface area (Å²) in [6.45, 7) is 2.89. The third-order valence-corrected chi connectivity index (χ3v) is 7.21. The molecule has 1 spiro atoms. The molecule has 4 rings (SSSR count). The number of alkyl halides is 3. The standard InChI is InChI=1S/C26H27F3N2O4/c1-2-5-18(17-6-3-4-7-19(17)26(27,28)29)22(32)23(33)31-12-10-25(11-13-31)15-30-21-9-8-16(24(34)35)14-20(21)25/h3-4,6-9,14,18,30H,2,5,10-13,15H2,1H3,(H,34,35). The third kappa shape index (κ3) is 4.63. The van der Waals surface area contributed by atoms with Crippen molar-refractivity contribution in [2.45, 2.75) is 50.1 Å². The molecule has 1 fully saturated rings. The van der Waals surface area contributed by atoms with Crippen LogP contribution in [-0.2, 0) is 21.2 Å². The Bertz CT molecular complexity index is 1150. The van der Waals surface area contributed by atoms with Gasteiger partial charge in [-0.25, -0.2) is 4.79 Å². The Hall–Kier alpha value is -3.36. The molecule has 2 aliphatic rings. The van der Waals surface area contributed by atoms with Crippen molar-refractivity contribution in [3.05, 3.63) is 64.7 Å². The van der Waals surface area contributed by atoms with Crippen LogP contribution in [0, 0.1) is 0 Å². The maximum atomic E-state index is 13.6. The highest BCUT2D eigenvalue weighted by molar-refractivity contribution is 6.38. The van der Waals surface area contributed by atoms with Crippen LogP contribution >= 0.6 is 0 Å². The fourth-order valence-corrected chi connectivity index (χ4v) is 5.29. The van der Waals surface area contributed by atoms with Gasteiger partial charge in [-0.2, -0.15) is 13.2 Å². The largest absolute Gasteiger partial charge is 0.478 e. The van der Waals surface area contributed by atoms with Crippen molar-refractivity contribution in [3.63, 3.8) is 0 Å². The molecule has 35 heavy (non-hydrogen) atoms. The summed E-state index contributed by atoms with van der Waals surface area (Å²) in [5, 5.41) is 12.7. The Labute approximate surface area is 201 Å². The maximum absolute atomic E-state index is 13.6. The summed E-state index contributed by atoms with van der Waals surface area (Å²) in [6.07, 6.45) is -2.99. The van der Waals surface area contributed by atoms with E-state index in [4.69, 9.17) is 0 Å². The normalized spacial score (nSPS) is 17.5. The Morgan fingerprint density at radius 2 is 1.80 bits per heavy atom. The van der Waals surface area contributed by atoms with Crippen molar-refractivity contribution in [2.24, 2.45) is 0 Å². The van der Waals surface area contributed by atoms with Gasteiger partial charge >= 0.3 is 12.1 Å². The van der Waals surface area contributed by atoms with E-state index in [0.29, 0.717) is 25.8 Å². The number of benzene rings is 2. The Balaban J connectivity index is 1.53. The minimum atomic E-state index is -4.62. The zero-order valence-electron chi connectivity index (χ0n) is 19.3. The van der Waals surface area contributed by atoms with Crippen molar-refractivity contribution in [1.29, 1.82) is 0 Å². The number of rotatable bonds is 6. The molecular weight excluding hydrogens is 461 g/mol. The van der Waals surface area contributed by atoms with Gasteiger partial charge in [0.1, 0.15) is 0 Å². The summed E-state index contributed by atoms with van der Waals surface area (Å²) in [5.41, 5.74) is 0.526. The van der Waals surface area contributed by atoms with E-state index >= 15 is 0 Å². The van der Waals surface area contributed by atoms with Gasteiger partial charge in [0.05, 0.1) is 17.0 Å². The number of aromatic carboxylic acids is 1. The molecule has 0 bridgehead atoms. The molecule has 0 radical (unpaired) electrons. The van der Waals surface area contributed by atoms with Crippen LogP contribution in [0.4, 0.5) is 18.9 Å². The van der Waals surface area contributed by atoms with Crippen molar-refractivity contribution in [1.82, 2.24) is 4.90 Å². The van der Waals surface area contributed by atoms with Crippen LogP contribution in [0.5, 0.6) is 0 Å². The highest BCUT2D eigenvalue weighted by Gasteiger charge is 2.44. The Kier molecular flexibility index (Phi) is 6.62. The number of anilines is 1. The number of fused-ring (bicyclic) bond motifs is 2. The summed E-state index contributed by atoms with van der Waals surface area (Å²) in [7, 11) is 0. The van der Waals surface area contributed by atoms with Crippen molar-refractivity contribution >= 4 is 23.3 Å². The predicted octanol–water partition coefficient (Wildman–Crippen LogP) is 4.84. The van der Waals surface area contributed by atoms with Gasteiger partial charge < -0.3 is 15.3 Å². The van der Waals surface area contributed by atoms with E-state index in [0.717, 1.165) is 17.3 Å². The lowest BCUT2D eigenvalue weighted by atomic mass is 9.74. The van der Waals surface area contributed by atoms with Gasteiger partial charge in [0, 0.05) is 30.7 Å². The second-order valence-electron chi connectivity index (χ2n) is 9.28. The zero-order valence-corrected chi connectivity index (χ0v) is 19.3. The molecule has 2 aliphatic heterocycles. The van der Waals surface area contributed by atoms with Crippen LogP contribution in [0.2, 0.25) is 0 Å². The SMILES string of the molecule is CCCC(C(=O)C(=O)N1CCC2(CC1)CNc1ccc(C(=O)O)cc12)c1ccccc1C(F)(F)F. The Morgan fingerprint density at radius 3 is 2.43 bits per heavy atom. The summed E-state index contributed by atoms with van der Waals surface area (Å²) >= 11 is 0. The predicted molar refractivity (Wildman–Crippen MR) is 123 cm³/mol. The van der Waals surface area contributed by atoms with Crippen LogP contribution in [0.3, 0.4) is 0 Å². The fraction of sp³-hybridized carbons (Fsp3) is 0.423. The number of carbonyl (C=O) groups excluding carboxylic acids is 2. The van der Waals surface area contributed by atoms with Gasteiger partial charge in [-0.15, -0.1) is 0 Å². The highest BCUT2D eigenvalue weighted by Crippen LogP contribution is 2.45. The number of Topliss-reactive ketones (excluding diaryl/α,β-unsaturated/α-hetero) is 1. The summed E-state index contributed by atoms with van der Waals surface area (Å²) in [5.74, 6) is -3.76. The first kappa shape index (κ1) is 24.8. The minimum absolute atomic E-state index is 0.144. The van der Waals surface area contributed by atoms with E-state index in [1.165, 1.54) is 29.2 Å². The summed E-state index contributed by atoms with van der Waals surface area (Å²) < 4.78 is 40.8. The van der Waals surface area contributed by atoms with Crippen molar-refractivity contribution < 1.29 is 32.7 Å². The number of carboxylic acid groups (broad SMARTS) is 1. The molecule has 0 aromatic heterocycles. The quantitative estimate of drug-likeness (QED) is 0.568. The van der Waals surface area contributed by atoms with Gasteiger partial charge in [-0.05, 0) is 54.7 Å². The molecule has 2 aromatic rings. The fourth-order valence-electron chi connectivity index (χ4n) is 5.29. The molecule has 1 atom stereocenters. The third-order valence-electron chi connectivity index (χ3n) is 7.21. The number of hydrogen-bond donors (Lipinski definition) is 2. The lowest BCUT2D eigenvalue weighted by Gasteiger charge is -2.39. The molecule has 1 amide bonds. The van der Waals surface area contributed by atoms with Gasteiger partial charge in [-0.1, -0.05) is 31.5 Å². The van der Waals surface area contributed by atoms with E-state index in [9.17, 15) is 32.7 Å². The average molecular weight is 489 g/mol. The molecule has 2 N–H and O–H groups in total. The number of amides is 1. The van der Waals surface area contributed by atoms with E-state index in [1.807, 2.05) is 0 Å². The van der Waals surface area contributed by atoms with Crippen LogP contribution in [-0.4, -0.2) is 47.3 Å². The van der Waals surface area contributed by atoms with Gasteiger partial charge in [0.2, 0.25) is 5.78 Å². The van der Waals surface area contributed by atoms with E-state index < -0.39 is 35.3 Å². The van der Waals surface area contributed by atoms with Crippen molar-refractivity contribution in [3.8, 4) is 0 Å². The number of carboxylic acids is 1. The van der Waals surface area contributed by atoms with Crippen LogP contribution < -0.4 is 5.32 Å². The minimum Gasteiger partial charge on any atom is -0.478 e. The number of nitrogens with one attached hydrogen (secondary N) is 1. The van der Waals surface area contributed by atoms with E-state index in [-0.39, 0.29) is 36.1 Å². The second-order valence-corrected chi connectivity index (χ2v) is 9.28. The van der Waals surface area contributed by atoms with Crippen molar-refractivity contribution in [2.75, 3.05) is 25.0 Å². The zero-order chi connectivity index (χ0) is 25.4. The molecule has 0 aliphatic carbocycles.